The lowest BCUT2D eigenvalue weighted by Crippen LogP contribution is -2.36. The van der Waals surface area contributed by atoms with Gasteiger partial charge in [0.2, 0.25) is 5.91 Å². The predicted octanol–water partition coefficient (Wildman–Crippen LogP) is 1.60. The van der Waals surface area contributed by atoms with Crippen LogP contribution in [0, 0.1) is 0 Å². The zero-order valence-corrected chi connectivity index (χ0v) is 19.4. The molecule has 0 radical (unpaired) electrons. The smallest absolute Gasteiger partial charge is 0.338 e. The maximum absolute atomic E-state index is 12.8. The lowest BCUT2D eigenvalue weighted by atomic mass is 10.1. The maximum Gasteiger partial charge on any atom is 0.338 e. The molecule has 0 N–H and O–H groups in total. The number of amides is 3. The molecule has 3 aliphatic heterocycles. The highest BCUT2D eigenvalue weighted by atomic mass is 32.2. The van der Waals surface area contributed by atoms with Crippen LogP contribution >= 0.6 is 11.8 Å². The molecule has 0 saturated carbocycles. The molecule has 10 nitrogen and oxygen atoms in total. The first-order chi connectivity index (χ1) is 16.4. The number of ether oxygens (including phenoxy) is 3. The Labute approximate surface area is 200 Å². The summed E-state index contributed by atoms with van der Waals surface area (Å²) in [4.78, 5) is 64.0. The van der Waals surface area contributed by atoms with Gasteiger partial charge in [-0.2, -0.15) is 0 Å². The fourth-order valence-electron chi connectivity index (χ4n) is 3.97. The van der Waals surface area contributed by atoms with E-state index in [0.29, 0.717) is 18.1 Å². The zero-order chi connectivity index (χ0) is 24.2. The van der Waals surface area contributed by atoms with Crippen molar-refractivity contribution < 1.29 is 38.2 Å². The van der Waals surface area contributed by atoms with Crippen molar-refractivity contribution in [3.05, 3.63) is 46.0 Å². The molecule has 1 aromatic rings. The number of carbonyl (C=O) groups is 5. The molecular weight excluding hydrogens is 464 g/mol. The van der Waals surface area contributed by atoms with Crippen molar-refractivity contribution in [1.82, 2.24) is 9.80 Å². The molecule has 1 aromatic carbocycles. The minimum absolute atomic E-state index is 0.0356. The molecule has 2 saturated heterocycles. The molecular formula is C23H24N2O8S. The molecule has 1 unspecified atom stereocenters. The first-order valence-corrected chi connectivity index (χ1v) is 11.9. The van der Waals surface area contributed by atoms with E-state index in [4.69, 9.17) is 9.47 Å². The molecule has 0 spiro atoms. The predicted molar refractivity (Wildman–Crippen MR) is 120 cm³/mol. The van der Waals surface area contributed by atoms with E-state index in [1.54, 1.807) is 0 Å². The summed E-state index contributed by atoms with van der Waals surface area (Å²) < 4.78 is 15.4. The molecule has 180 valence electrons. The van der Waals surface area contributed by atoms with Gasteiger partial charge in [-0.1, -0.05) is 11.8 Å². The molecule has 11 heteroatoms. The molecule has 2 fully saturated rings. The van der Waals surface area contributed by atoms with E-state index in [1.165, 1.54) is 52.9 Å². The number of thioether (sulfide) groups is 1. The third kappa shape index (κ3) is 5.00. The van der Waals surface area contributed by atoms with E-state index < -0.39 is 17.8 Å². The normalized spacial score (nSPS) is 20.9. The lowest BCUT2D eigenvalue weighted by molar-refractivity contribution is -0.134. The van der Waals surface area contributed by atoms with Crippen molar-refractivity contribution in [2.24, 2.45) is 0 Å². The summed E-state index contributed by atoms with van der Waals surface area (Å²) in [6.07, 6.45) is 3.15. The van der Waals surface area contributed by atoms with Gasteiger partial charge in [0.1, 0.15) is 0 Å². The second-order valence-electron chi connectivity index (χ2n) is 7.95. The Hall–Kier alpha value is -3.18. The molecule has 1 atom stereocenters. The van der Waals surface area contributed by atoms with E-state index in [1.807, 2.05) is 0 Å². The van der Waals surface area contributed by atoms with Crippen LogP contribution in [-0.2, 0) is 23.8 Å². The van der Waals surface area contributed by atoms with Gasteiger partial charge in [0.05, 0.1) is 59.9 Å². The minimum atomic E-state index is -0.631. The number of methoxy groups -OCH3 is 1. The standard InChI is InChI=1S/C23H24N2O8S/c1-31-20(27)11-19-24(18(26)13-34-19)7-3-9-33-23(30)14-5-6-16-17(10-14)22(29)25(21(16)28)12-15-4-2-8-32-15/h5-6,10-11,15H,2-4,7-9,12-13H2,1H3/b19-11+. The van der Waals surface area contributed by atoms with E-state index in [-0.39, 0.29) is 60.1 Å². The Balaban J connectivity index is 1.32. The van der Waals surface area contributed by atoms with Gasteiger partial charge >= 0.3 is 11.9 Å². The van der Waals surface area contributed by atoms with Crippen LogP contribution in [0.2, 0.25) is 0 Å². The average Bonchev–Trinajstić information content (AvgIpc) is 3.53. The summed E-state index contributed by atoms with van der Waals surface area (Å²) in [5.41, 5.74) is 0.599. The van der Waals surface area contributed by atoms with Gasteiger partial charge in [0, 0.05) is 13.2 Å². The third-order valence-corrected chi connectivity index (χ3v) is 6.75. The molecule has 3 heterocycles. The van der Waals surface area contributed by atoms with Crippen LogP contribution in [0.5, 0.6) is 0 Å². The Bertz CT molecular complexity index is 1060. The highest BCUT2D eigenvalue weighted by Crippen LogP contribution is 2.29. The molecule has 3 amide bonds. The van der Waals surface area contributed by atoms with Crippen LogP contribution < -0.4 is 0 Å². The highest BCUT2D eigenvalue weighted by Gasteiger charge is 2.38. The van der Waals surface area contributed by atoms with Gasteiger partial charge in [-0.3, -0.25) is 19.3 Å². The topological polar surface area (TPSA) is 120 Å². The SMILES string of the molecule is COC(=O)/C=C1/SCC(=O)N1CCCOC(=O)c1ccc2c(c1)C(=O)N(CC1CCCO1)C2=O. The number of hydrogen-bond acceptors (Lipinski definition) is 9. The number of rotatable bonds is 8. The first-order valence-electron chi connectivity index (χ1n) is 10.9. The van der Waals surface area contributed by atoms with Crippen molar-refractivity contribution >= 4 is 41.4 Å². The second kappa shape index (κ2) is 10.4. The molecule has 0 bridgehead atoms. The van der Waals surface area contributed by atoms with Crippen molar-refractivity contribution in [3.8, 4) is 0 Å². The summed E-state index contributed by atoms with van der Waals surface area (Å²) in [5.74, 6) is -1.92. The Morgan fingerprint density at radius 1 is 1.18 bits per heavy atom. The van der Waals surface area contributed by atoms with E-state index in [2.05, 4.69) is 4.74 Å². The second-order valence-corrected chi connectivity index (χ2v) is 8.94. The maximum atomic E-state index is 12.8. The number of hydrogen-bond donors (Lipinski definition) is 0. The highest BCUT2D eigenvalue weighted by molar-refractivity contribution is 8.04. The zero-order valence-electron chi connectivity index (χ0n) is 18.6. The van der Waals surface area contributed by atoms with Gasteiger partial charge in [-0.05, 0) is 37.5 Å². The Kier molecular flexibility index (Phi) is 7.32. The number of benzene rings is 1. The van der Waals surface area contributed by atoms with E-state index >= 15 is 0 Å². The molecule has 34 heavy (non-hydrogen) atoms. The summed E-state index contributed by atoms with van der Waals surface area (Å²) >= 11 is 1.24. The number of imide groups is 1. The van der Waals surface area contributed by atoms with Crippen molar-refractivity contribution in [1.29, 1.82) is 0 Å². The van der Waals surface area contributed by atoms with Crippen LogP contribution in [0.1, 0.15) is 50.3 Å². The minimum Gasteiger partial charge on any atom is -0.466 e. The van der Waals surface area contributed by atoms with Gasteiger partial charge in [-0.25, -0.2) is 9.59 Å². The van der Waals surface area contributed by atoms with Crippen LogP contribution in [0.25, 0.3) is 0 Å². The number of carbonyl (C=O) groups excluding carboxylic acids is 5. The van der Waals surface area contributed by atoms with Crippen LogP contribution in [0.4, 0.5) is 0 Å². The summed E-state index contributed by atoms with van der Waals surface area (Å²) in [7, 11) is 1.26. The fraction of sp³-hybridized carbons (Fsp3) is 0.435. The summed E-state index contributed by atoms with van der Waals surface area (Å²) in [5, 5.41) is 0.498. The van der Waals surface area contributed by atoms with Gasteiger partial charge in [0.25, 0.3) is 11.8 Å². The van der Waals surface area contributed by atoms with Crippen LogP contribution in [-0.4, -0.2) is 84.7 Å². The van der Waals surface area contributed by atoms with Crippen LogP contribution in [0.15, 0.2) is 29.3 Å². The van der Waals surface area contributed by atoms with Crippen molar-refractivity contribution in [2.45, 2.75) is 25.4 Å². The monoisotopic (exact) mass is 488 g/mol. The Morgan fingerprint density at radius 3 is 2.71 bits per heavy atom. The molecule has 0 aliphatic carbocycles. The summed E-state index contributed by atoms with van der Waals surface area (Å²) in [6, 6.07) is 4.30. The summed E-state index contributed by atoms with van der Waals surface area (Å²) in [6.45, 7) is 1.13. The Morgan fingerprint density at radius 2 is 1.97 bits per heavy atom. The van der Waals surface area contributed by atoms with Crippen molar-refractivity contribution in [2.75, 3.05) is 39.2 Å². The van der Waals surface area contributed by atoms with Crippen LogP contribution in [0.3, 0.4) is 0 Å². The van der Waals surface area contributed by atoms with Gasteiger partial charge in [0.15, 0.2) is 0 Å². The van der Waals surface area contributed by atoms with Gasteiger partial charge in [-0.15, -0.1) is 0 Å². The first kappa shape index (κ1) is 24.0. The average molecular weight is 489 g/mol. The third-order valence-electron chi connectivity index (χ3n) is 5.73. The van der Waals surface area contributed by atoms with E-state index in [0.717, 1.165) is 12.8 Å². The fourth-order valence-corrected chi connectivity index (χ4v) is 4.93. The number of nitrogens with zero attached hydrogens (tertiary/aromatic N) is 2. The van der Waals surface area contributed by atoms with Gasteiger partial charge < -0.3 is 19.1 Å². The quantitative estimate of drug-likeness (QED) is 0.233. The number of esters is 2. The largest absolute Gasteiger partial charge is 0.466 e. The number of fused-ring (bicyclic) bond motifs is 1. The van der Waals surface area contributed by atoms with Crippen molar-refractivity contribution in [3.63, 3.8) is 0 Å². The molecule has 0 aromatic heterocycles. The lowest BCUT2D eigenvalue weighted by Gasteiger charge is -2.17. The van der Waals surface area contributed by atoms with E-state index in [9.17, 15) is 24.0 Å². The molecule has 3 aliphatic rings. The molecule has 4 rings (SSSR count).